The van der Waals surface area contributed by atoms with Gasteiger partial charge in [0.25, 0.3) is 0 Å². The molecule has 3 fully saturated rings. The molecular formula is C34H40O4S2. The molecule has 0 N–H and O–H groups in total. The van der Waals surface area contributed by atoms with Crippen LogP contribution in [0.2, 0.25) is 0 Å². The number of carbonyl (C=O) groups excluding carboxylic acids is 1. The van der Waals surface area contributed by atoms with Crippen molar-refractivity contribution in [2.75, 3.05) is 0 Å². The van der Waals surface area contributed by atoms with Crippen LogP contribution in [0.3, 0.4) is 0 Å². The molecule has 0 amide bonds. The molecule has 0 aromatic heterocycles. The molecule has 0 spiro atoms. The van der Waals surface area contributed by atoms with E-state index in [1.165, 1.54) is 52.4 Å². The molecule has 3 aromatic carbocycles. The van der Waals surface area contributed by atoms with Gasteiger partial charge in [-0.3, -0.25) is 4.79 Å². The molecule has 212 valence electrons. The third kappa shape index (κ3) is 5.43. The first-order valence-electron chi connectivity index (χ1n) is 14.5. The van der Waals surface area contributed by atoms with Crippen LogP contribution in [-0.4, -0.2) is 24.0 Å². The third-order valence-corrected chi connectivity index (χ3v) is 13.3. The normalized spacial score (nSPS) is 26.0. The number of rotatable bonds is 5. The number of ketones is 1. The summed E-state index contributed by atoms with van der Waals surface area (Å²) in [6.45, 7) is 5.59. The quantitative estimate of drug-likeness (QED) is 0.230. The number of hydrogen-bond donors (Lipinski definition) is 0. The van der Waals surface area contributed by atoms with Gasteiger partial charge in [-0.1, -0.05) is 88.6 Å². The largest absolute Gasteiger partial charge is 0.747 e. The van der Waals surface area contributed by atoms with Gasteiger partial charge >= 0.3 is 0 Å². The fourth-order valence-electron chi connectivity index (χ4n) is 7.17. The van der Waals surface area contributed by atoms with Gasteiger partial charge in [0.15, 0.2) is 20.5 Å². The predicted octanol–water partition coefficient (Wildman–Crippen LogP) is 7.76. The van der Waals surface area contributed by atoms with Crippen molar-refractivity contribution >= 4 is 26.8 Å². The maximum absolute atomic E-state index is 12.0. The molecule has 3 atom stereocenters. The molecule has 0 heterocycles. The van der Waals surface area contributed by atoms with Gasteiger partial charge < -0.3 is 4.55 Å². The van der Waals surface area contributed by atoms with Gasteiger partial charge in [-0.05, 0) is 84.9 Å². The summed E-state index contributed by atoms with van der Waals surface area (Å²) in [5, 5.41) is -1.30. The van der Waals surface area contributed by atoms with E-state index < -0.39 is 20.8 Å². The second-order valence-corrected chi connectivity index (χ2v) is 15.8. The van der Waals surface area contributed by atoms with Crippen LogP contribution in [0, 0.1) is 16.7 Å². The second-order valence-electron chi connectivity index (χ2n) is 12.3. The first kappa shape index (κ1) is 29.1. The molecule has 3 aliphatic rings. The van der Waals surface area contributed by atoms with Crippen LogP contribution in [0.4, 0.5) is 0 Å². The molecule has 3 unspecified atom stereocenters. The highest BCUT2D eigenvalue weighted by atomic mass is 32.2. The summed E-state index contributed by atoms with van der Waals surface area (Å²) in [4.78, 5) is 16.2. The molecule has 6 rings (SSSR count). The van der Waals surface area contributed by atoms with Crippen LogP contribution in [-0.2, 0) is 25.8 Å². The van der Waals surface area contributed by atoms with Crippen LogP contribution in [0.5, 0.6) is 0 Å². The van der Waals surface area contributed by atoms with Crippen LogP contribution in [0.25, 0.3) is 0 Å². The van der Waals surface area contributed by atoms with Gasteiger partial charge in [-0.15, -0.1) is 0 Å². The Hall–Kier alpha value is -2.41. The van der Waals surface area contributed by atoms with Crippen LogP contribution >= 0.6 is 0 Å². The Morgan fingerprint density at radius 3 is 1.65 bits per heavy atom. The molecule has 0 saturated heterocycles. The first-order chi connectivity index (χ1) is 19.0. The number of benzene rings is 3. The SMILES string of the molecule is CC12CCC(C(S(=O)(=O)[O-])C1=O)C2(C)C.c1ccc([S+](c2ccccc2)c2ccc(C3CCCCC3)cc2)cc1. The lowest BCUT2D eigenvalue weighted by molar-refractivity contribution is -0.128. The summed E-state index contributed by atoms with van der Waals surface area (Å²) in [6, 6.07) is 31.3. The standard InChI is InChI=1S/C24H25S.C10H16O4S/c1-4-10-20(11-5-1)21-16-18-24(19-17-21)25(22-12-6-2-7-13-22)23-14-8-3-9-15-23;1-9(2)6-4-5-10(9,3)8(11)7(6)15(12,13)14/h2-3,6-9,12-20H,1,4-5,10-11H2;6-7H,4-5H2,1-3H3,(H,12,13,14)/q+1;/p-1. The van der Waals surface area contributed by atoms with Crippen molar-refractivity contribution in [2.24, 2.45) is 16.7 Å². The number of fused-ring (bicyclic) bond motifs is 2. The van der Waals surface area contributed by atoms with Crippen LogP contribution < -0.4 is 0 Å². The van der Waals surface area contributed by atoms with Crippen molar-refractivity contribution in [1.29, 1.82) is 0 Å². The van der Waals surface area contributed by atoms with Gasteiger partial charge in [-0.25, -0.2) is 8.42 Å². The molecule has 2 bridgehead atoms. The van der Waals surface area contributed by atoms with Crippen LogP contribution in [0.15, 0.2) is 99.6 Å². The second kappa shape index (κ2) is 11.5. The predicted molar refractivity (Wildman–Crippen MR) is 160 cm³/mol. The minimum Gasteiger partial charge on any atom is -0.747 e. The van der Waals surface area contributed by atoms with Gasteiger partial charge in [0.05, 0.1) is 10.9 Å². The van der Waals surface area contributed by atoms with Crippen molar-refractivity contribution in [3.05, 3.63) is 90.5 Å². The van der Waals surface area contributed by atoms with E-state index >= 15 is 0 Å². The van der Waals surface area contributed by atoms with E-state index in [2.05, 4.69) is 84.9 Å². The third-order valence-electron chi connectivity index (χ3n) is 9.93. The summed E-state index contributed by atoms with van der Waals surface area (Å²) in [6.07, 6.45) is 8.30. The molecule has 3 saturated carbocycles. The summed E-state index contributed by atoms with van der Waals surface area (Å²) in [5.74, 6) is 0.120. The zero-order valence-corrected chi connectivity index (χ0v) is 25.3. The fourth-order valence-corrected chi connectivity index (χ4v) is 10.7. The molecule has 0 aliphatic heterocycles. The summed E-state index contributed by atoms with van der Waals surface area (Å²) in [5.41, 5.74) is 0.541. The Balaban J connectivity index is 0.000000184. The minimum absolute atomic E-state index is 0.0278. The maximum atomic E-state index is 12.0. The lowest BCUT2D eigenvalue weighted by Gasteiger charge is -2.32. The summed E-state index contributed by atoms with van der Waals surface area (Å²) >= 11 is 0. The maximum Gasteiger partial charge on any atom is 0.166 e. The molecule has 40 heavy (non-hydrogen) atoms. The van der Waals surface area contributed by atoms with E-state index in [0.29, 0.717) is 12.8 Å². The molecule has 3 aliphatic carbocycles. The Kier molecular flexibility index (Phi) is 8.34. The van der Waals surface area contributed by atoms with Crippen LogP contribution in [0.1, 0.15) is 77.2 Å². The summed E-state index contributed by atoms with van der Waals surface area (Å²) in [7, 11) is -4.52. The highest BCUT2D eigenvalue weighted by Gasteiger charge is 2.67. The van der Waals surface area contributed by atoms with Gasteiger partial charge in [0.1, 0.15) is 15.4 Å². The Labute approximate surface area is 242 Å². The van der Waals surface area contributed by atoms with E-state index in [1.54, 1.807) is 6.92 Å². The van der Waals surface area contributed by atoms with Crippen molar-refractivity contribution in [3.8, 4) is 0 Å². The van der Waals surface area contributed by atoms with Crippen molar-refractivity contribution < 1.29 is 17.8 Å². The lowest BCUT2D eigenvalue weighted by Crippen LogP contribution is -2.38. The molecule has 4 nitrogen and oxygen atoms in total. The van der Waals surface area contributed by atoms with Crippen molar-refractivity contribution in [3.63, 3.8) is 0 Å². The van der Waals surface area contributed by atoms with E-state index in [0.717, 1.165) is 5.92 Å². The average molecular weight is 577 g/mol. The smallest absolute Gasteiger partial charge is 0.166 e. The van der Waals surface area contributed by atoms with E-state index in [-0.39, 0.29) is 28.0 Å². The number of hydrogen-bond acceptors (Lipinski definition) is 4. The van der Waals surface area contributed by atoms with Crippen molar-refractivity contribution in [2.45, 2.75) is 91.6 Å². The van der Waals surface area contributed by atoms with Crippen molar-refractivity contribution in [1.82, 2.24) is 0 Å². The molecule has 3 aromatic rings. The monoisotopic (exact) mass is 576 g/mol. The minimum atomic E-state index is -4.49. The topological polar surface area (TPSA) is 74.3 Å². The highest BCUT2D eigenvalue weighted by molar-refractivity contribution is 7.97. The average Bonchev–Trinajstić information content (AvgIpc) is 3.28. The van der Waals surface area contributed by atoms with E-state index in [4.69, 9.17) is 0 Å². The zero-order valence-electron chi connectivity index (χ0n) is 23.7. The number of Topliss-reactive ketones (excluding diaryl/α,β-unsaturated/α-hetero) is 1. The Morgan fingerprint density at radius 2 is 1.23 bits per heavy atom. The number of carbonyl (C=O) groups is 1. The van der Waals surface area contributed by atoms with Gasteiger partial charge in [0, 0.05) is 5.41 Å². The molecule has 6 heteroatoms. The first-order valence-corrected chi connectivity index (χ1v) is 17.2. The van der Waals surface area contributed by atoms with Gasteiger partial charge in [0.2, 0.25) is 0 Å². The Bertz CT molecular complexity index is 1370. The molecule has 0 radical (unpaired) electrons. The highest BCUT2D eigenvalue weighted by Crippen LogP contribution is 2.64. The van der Waals surface area contributed by atoms with E-state index in [9.17, 15) is 17.8 Å². The zero-order chi connectivity index (χ0) is 28.5. The fraction of sp³-hybridized carbons (Fsp3) is 0.441. The summed E-state index contributed by atoms with van der Waals surface area (Å²) < 4.78 is 33.3. The lowest BCUT2D eigenvalue weighted by atomic mass is 9.70. The van der Waals surface area contributed by atoms with E-state index in [1.807, 2.05) is 13.8 Å². The van der Waals surface area contributed by atoms with Gasteiger partial charge in [-0.2, -0.15) is 0 Å². The molecular weight excluding hydrogens is 537 g/mol. The Morgan fingerprint density at radius 1 is 0.725 bits per heavy atom.